The van der Waals surface area contributed by atoms with E-state index in [0.29, 0.717) is 29.5 Å². The summed E-state index contributed by atoms with van der Waals surface area (Å²) < 4.78 is 5.34. The number of anilines is 1. The Morgan fingerprint density at radius 2 is 1.97 bits per heavy atom. The average Bonchev–Trinajstić information content (AvgIpc) is 3.07. The second kappa shape index (κ2) is 10.1. The molecule has 0 spiro atoms. The van der Waals surface area contributed by atoms with Gasteiger partial charge in [-0.05, 0) is 49.7 Å². The molecule has 0 unspecified atom stereocenters. The van der Waals surface area contributed by atoms with Gasteiger partial charge in [0.2, 0.25) is 5.91 Å². The quantitative estimate of drug-likeness (QED) is 0.543. The summed E-state index contributed by atoms with van der Waals surface area (Å²) in [6.45, 7) is 6.37. The molecule has 5 heteroatoms. The summed E-state index contributed by atoms with van der Waals surface area (Å²) in [6.07, 6.45) is 6.06. The fourth-order valence-electron chi connectivity index (χ4n) is 4.27. The van der Waals surface area contributed by atoms with Crippen LogP contribution in [0.4, 0.5) is 5.00 Å². The van der Waals surface area contributed by atoms with E-state index in [0.717, 1.165) is 30.4 Å². The van der Waals surface area contributed by atoms with Crippen LogP contribution in [0, 0.1) is 5.92 Å². The Bertz CT molecular complexity index is 843. The molecule has 2 atom stereocenters. The van der Waals surface area contributed by atoms with Gasteiger partial charge >= 0.3 is 5.97 Å². The lowest BCUT2D eigenvalue weighted by Crippen LogP contribution is -2.22. The predicted molar refractivity (Wildman–Crippen MR) is 119 cm³/mol. The molecule has 0 fully saturated rings. The lowest BCUT2D eigenvalue weighted by molar-refractivity contribution is -0.117. The van der Waals surface area contributed by atoms with Crippen molar-refractivity contribution in [2.24, 2.45) is 5.92 Å². The summed E-state index contributed by atoms with van der Waals surface area (Å²) in [5.41, 5.74) is 2.66. The van der Waals surface area contributed by atoms with E-state index in [4.69, 9.17) is 4.74 Å². The Balaban J connectivity index is 1.89. The average molecular weight is 414 g/mol. The SMILES string of the molecule is CCC[C@@H]1CCc2c(sc(NC(=O)[C@@H](CC)c3ccccc3)c2C(=O)OCC)C1. The van der Waals surface area contributed by atoms with Crippen LogP contribution in [0.5, 0.6) is 0 Å². The number of thiophene rings is 1. The third-order valence-corrected chi connectivity index (χ3v) is 6.88. The molecule has 0 aliphatic heterocycles. The van der Waals surface area contributed by atoms with Crippen molar-refractivity contribution in [3.63, 3.8) is 0 Å². The van der Waals surface area contributed by atoms with Crippen molar-refractivity contribution in [1.82, 2.24) is 0 Å². The van der Waals surface area contributed by atoms with Gasteiger partial charge in [0.25, 0.3) is 0 Å². The predicted octanol–water partition coefficient (Wildman–Crippen LogP) is 5.96. The second-order valence-corrected chi connectivity index (χ2v) is 8.79. The van der Waals surface area contributed by atoms with Gasteiger partial charge < -0.3 is 10.1 Å². The van der Waals surface area contributed by atoms with E-state index in [2.05, 4.69) is 12.2 Å². The van der Waals surface area contributed by atoms with Gasteiger partial charge in [-0.15, -0.1) is 11.3 Å². The minimum absolute atomic E-state index is 0.0621. The third kappa shape index (κ3) is 4.89. The molecule has 3 rings (SSSR count). The minimum Gasteiger partial charge on any atom is -0.462 e. The van der Waals surface area contributed by atoms with Crippen LogP contribution >= 0.6 is 11.3 Å². The Kier molecular flexibility index (Phi) is 7.48. The van der Waals surface area contributed by atoms with Crippen LogP contribution in [-0.2, 0) is 22.4 Å². The molecular formula is C24H31NO3S. The van der Waals surface area contributed by atoms with Crippen molar-refractivity contribution in [2.75, 3.05) is 11.9 Å². The van der Waals surface area contributed by atoms with Gasteiger partial charge in [0.1, 0.15) is 5.00 Å². The lowest BCUT2D eigenvalue weighted by Gasteiger charge is -2.22. The van der Waals surface area contributed by atoms with Crippen molar-refractivity contribution >= 4 is 28.2 Å². The van der Waals surface area contributed by atoms with E-state index in [-0.39, 0.29) is 17.8 Å². The number of nitrogens with one attached hydrogen (secondary N) is 1. The first-order chi connectivity index (χ1) is 14.1. The molecule has 1 amide bonds. The normalized spacial score (nSPS) is 16.7. The van der Waals surface area contributed by atoms with Crippen LogP contribution in [-0.4, -0.2) is 18.5 Å². The first-order valence-corrected chi connectivity index (χ1v) is 11.6. The van der Waals surface area contributed by atoms with Crippen LogP contribution in [0.2, 0.25) is 0 Å². The number of hydrogen-bond donors (Lipinski definition) is 1. The molecule has 0 saturated heterocycles. The van der Waals surface area contributed by atoms with Crippen molar-refractivity contribution < 1.29 is 14.3 Å². The van der Waals surface area contributed by atoms with E-state index in [1.54, 1.807) is 11.3 Å². The summed E-state index contributed by atoms with van der Waals surface area (Å²) in [5, 5.41) is 3.74. The van der Waals surface area contributed by atoms with Gasteiger partial charge in [-0.25, -0.2) is 4.79 Å². The molecule has 1 aromatic carbocycles. The lowest BCUT2D eigenvalue weighted by atomic mass is 9.84. The Labute approximate surface area is 177 Å². The van der Waals surface area contributed by atoms with Gasteiger partial charge in [0.15, 0.2) is 0 Å². The molecule has 1 aliphatic carbocycles. The van der Waals surface area contributed by atoms with Crippen LogP contribution in [0.3, 0.4) is 0 Å². The molecule has 1 aromatic heterocycles. The molecule has 1 N–H and O–H groups in total. The number of hydrogen-bond acceptors (Lipinski definition) is 4. The second-order valence-electron chi connectivity index (χ2n) is 7.69. The molecule has 1 heterocycles. The van der Waals surface area contributed by atoms with Crippen LogP contribution in [0.25, 0.3) is 0 Å². The fourth-order valence-corrected chi connectivity index (χ4v) is 5.63. The van der Waals surface area contributed by atoms with E-state index in [9.17, 15) is 9.59 Å². The number of fused-ring (bicyclic) bond motifs is 1. The summed E-state index contributed by atoms with van der Waals surface area (Å²) >= 11 is 1.56. The first-order valence-electron chi connectivity index (χ1n) is 10.8. The van der Waals surface area contributed by atoms with E-state index >= 15 is 0 Å². The highest BCUT2D eigenvalue weighted by Crippen LogP contribution is 2.41. The maximum Gasteiger partial charge on any atom is 0.341 e. The van der Waals surface area contributed by atoms with Gasteiger partial charge in [0.05, 0.1) is 18.1 Å². The highest BCUT2D eigenvalue weighted by atomic mass is 32.1. The summed E-state index contributed by atoms with van der Waals surface area (Å²) in [4.78, 5) is 27.1. The number of ether oxygens (including phenoxy) is 1. The van der Waals surface area contributed by atoms with Crippen LogP contribution in [0.15, 0.2) is 30.3 Å². The smallest absolute Gasteiger partial charge is 0.341 e. The molecule has 29 heavy (non-hydrogen) atoms. The largest absolute Gasteiger partial charge is 0.462 e. The van der Waals surface area contributed by atoms with Crippen molar-refractivity contribution in [3.8, 4) is 0 Å². The summed E-state index contributed by atoms with van der Waals surface area (Å²) in [5.74, 6) is 0.0469. The minimum atomic E-state index is -0.318. The molecule has 2 aromatic rings. The number of rotatable bonds is 8. The molecule has 0 saturated carbocycles. The van der Waals surface area contributed by atoms with Gasteiger partial charge in [-0.3, -0.25) is 4.79 Å². The Hall–Kier alpha value is -2.14. The maximum absolute atomic E-state index is 13.1. The number of carbonyl (C=O) groups is 2. The molecule has 156 valence electrons. The van der Waals surface area contributed by atoms with Crippen molar-refractivity contribution in [1.29, 1.82) is 0 Å². The van der Waals surface area contributed by atoms with Crippen LogP contribution in [0.1, 0.15) is 78.7 Å². The summed E-state index contributed by atoms with van der Waals surface area (Å²) in [7, 11) is 0. The number of carbonyl (C=O) groups excluding carboxylic acids is 2. The Morgan fingerprint density at radius 3 is 2.62 bits per heavy atom. The third-order valence-electron chi connectivity index (χ3n) is 5.71. The highest BCUT2D eigenvalue weighted by molar-refractivity contribution is 7.17. The Morgan fingerprint density at radius 1 is 1.21 bits per heavy atom. The summed E-state index contributed by atoms with van der Waals surface area (Å²) in [6, 6.07) is 9.82. The van der Waals surface area contributed by atoms with Crippen molar-refractivity contribution in [3.05, 3.63) is 51.9 Å². The molecular weight excluding hydrogens is 382 g/mol. The first kappa shape index (κ1) is 21.6. The monoisotopic (exact) mass is 413 g/mol. The molecule has 0 radical (unpaired) electrons. The van der Waals surface area contributed by atoms with Crippen molar-refractivity contribution in [2.45, 2.75) is 65.2 Å². The van der Waals surface area contributed by atoms with Crippen LogP contribution < -0.4 is 5.32 Å². The van der Waals surface area contributed by atoms with E-state index in [1.165, 1.54) is 17.7 Å². The number of benzene rings is 1. The van der Waals surface area contributed by atoms with Gasteiger partial charge in [-0.2, -0.15) is 0 Å². The zero-order chi connectivity index (χ0) is 20.8. The molecule has 0 bridgehead atoms. The van der Waals surface area contributed by atoms with E-state index < -0.39 is 0 Å². The fraction of sp³-hybridized carbons (Fsp3) is 0.500. The zero-order valence-corrected chi connectivity index (χ0v) is 18.4. The molecule has 4 nitrogen and oxygen atoms in total. The number of esters is 1. The van der Waals surface area contributed by atoms with Gasteiger partial charge in [-0.1, -0.05) is 57.0 Å². The molecule has 1 aliphatic rings. The number of amides is 1. The topological polar surface area (TPSA) is 55.4 Å². The maximum atomic E-state index is 13.1. The zero-order valence-electron chi connectivity index (χ0n) is 17.6. The highest BCUT2D eigenvalue weighted by Gasteiger charge is 2.31. The van der Waals surface area contributed by atoms with Gasteiger partial charge in [0, 0.05) is 4.88 Å². The standard InChI is InChI=1S/C24H31NO3S/c1-4-10-16-13-14-19-20(15-16)29-23(21(19)24(27)28-6-3)25-22(26)18(5-2)17-11-8-7-9-12-17/h7-9,11-12,16,18H,4-6,10,13-15H2,1-3H3,(H,25,26)/t16-,18+/m1/s1. The van der Waals surface area contributed by atoms with E-state index in [1.807, 2.05) is 44.2 Å².